The van der Waals surface area contributed by atoms with E-state index in [4.69, 9.17) is 5.73 Å². The summed E-state index contributed by atoms with van der Waals surface area (Å²) in [6.45, 7) is 12.5. The number of likely N-dealkylation sites (N-methyl/N-ethyl adjacent to an activating group) is 2. The van der Waals surface area contributed by atoms with Crippen molar-refractivity contribution in [2.45, 2.75) is 44.2 Å². The van der Waals surface area contributed by atoms with Gasteiger partial charge in [-0.05, 0) is 35.6 Å². The highest BCUT2D eigenvalue weighted by Gasteiger charge is 2.60. The van der Waals surface area contributed by atoms with Gasteiger partial charge in [-0.15, -0.1) is 0 Å². The molecule has 4 N–H and O–H groups in total. The minimum absolute atomic E-state index is 0.167. The molecule has 11 nitrogen and oxygen atoms in total. The number of sulfonamides is 1. The number of carboxylic acids is 1. The molecule has 0 aliphatic carbocycles. The van der Waals surface area contributed by atoms with E-state index >= 15 is 0 Å². The largest absolute Gasteiger partial charge is 0.477 e. The number of aliphatic carboxylic acids is 1. The van der Waals surface area contributed by atoms with Crippen molar-refractivity contribution in [3.63, 3.8) is 0 Å². The highest BCUT2D eigenvalue weighted by atomic mass is 32.2. The van der Waals surface area contributed by atoms with E-state index < -0.39 is 45.9 Å². The summed E-state index contributed by atoms with van der Waals surface area (Å²) in [6.07, 6.45) is -0.120. The van der Waals surface area contributed by atoms with E-state index in [1.165, 1.54) is 16.1 Å². The number of carbonyl (C=O) groups excluding carboxylic acids is 1. The van der Waals surface area contributed by atoms with Crippen molar-refractivity contribution in [2.24, 2.45) is 23.5 Å². The number of hydrogen-bond donors (Lipinski definition) is 3. The van der Waals surface area contributed by atoms with E-state index in [2.05, 4.69) is 21.0 Å². The number of quaternary nitrogens is 2. The fraction of sp³-hybridized carbons (Fsp3) is 0.576. The second-order valence-electron chi connectivity index (χ2n) is 14.5. The number of benzene rings is 2. The Bertz CT molecular complexity index is 1700. The molecule has 5 atom stereocenters. The Balaban J connectivity index is 1.27. The molecular weight excluding hydrogens is 594 g/mol. The first-order valence-electron chi connectivity index (χ1n) is 16.0. The molecule has 1 amide bonds. The van der Waals surface area contributed by atoms with Crippen LogP contribution < -0.4 is 10.0 Å². The van der Waals surface area contributed by atoms with Gasteiger partial charge >= 0.3 is 5.97 Å². The van der Waals surface area contributed by atoms with Crippen LogP contribution in [-0.4, -0.2) is 123 Å². The summed E-state index contributed by atoms with van der Waals surface area (Å²) in [5.74, 6) is -2.34. The fourth-order valence-corrected chi connectivity index (χ4v) is 9.97. The number of nitrogens with zero attached hydrogens (tertiary/aromatic N) is 4. The zero-order chi connectivity index (χ0) is 32.6. The third kappa shape index (κ3) is 5.05. The van der Waals surface area contributed by atoms with Gasteiger partial charge in [-0.25, -0.2) is 13.2 Å². The first kappa shape index (κ1) is 31.9. The van der Waals surface area contributed by atoms with Crippen LogP contribution in [0, 0.1) is 17.8 Å². The van der Waals surface area contributed by atoms with Crippen molar-refractivity contribution in [1.82, 2.24) is 4.90 Å². The van der Waals surface area contributed by atoms with Crippen molar-refractivity contribution >= 4 is 38.4 Å². The topological polar surface area (TPSA) is 141 Å². The van der Waals surface area contributed by atoms with Gasteiger partial charge in [-0.3, -0.25) is 9.10 Å². The molecule has 45 heavy (non-hydrogen) atoms. The second-order valence-corrected chi connectivity index (χ2v) is 16.3. The molecule has 3 unspecified atom stereocenters. The molecule has 2 fully saturated rings. The third-order valence-corrected chi connectivity index (χ3v) is 13.0. The average Bonchev–Trinajstić information content (AvgIpc) is 3.35. The van der Waals surface area contributed by atoms with Gasteiger partial charge in [0.05, 0.1) is 62.4 Å². The molecule has 244 valence electrons. The van der Waals surface area contributed by atoms with Crippen LogP contribution in [0.3, 0.4) is 0 Å². The number of β-lactam (4-membered cyclic amide) rings is 1. The first-order valence-corrected chi connectivity index (χ1v) is 17.5. The van der Waals surface area contributed by atoms with E-state index in [0.29, 0.717) is 29.1 Å². The van der Waals surface area contributed by atoms with E-state index in [1.54, 1.807) is 12.1 Å². The predicted molar refractivity (Wildman–Crippen MR) is 172 cm³/mol. The minimum Gasteiger partial charge on any atom is -0.477 e. The molecule has 0 aromatic heterocycles. The zero-order valence-corrected chi connectivity index (χ0v) is 27.8. The molecule has 0 spiro atoms. The lowest BCUT2D eigenvalue weighted by Crippen LogP contribution is -2.65. The highest BCUT2D eigenvalue weighted by Crippen LogP contribution is 2.50. The number of piperazine rings is 1. The van der Waals surface area contributed by atoms with Gasteiger partial charge < -0.3 is 29.8 Å². The van der Waals surface area contributed by atoms with Crippen molar-refractivity contribution in [1.29, 1.82) is 0 Å². The summed E-state index contributed by atoms with van der Waals surface area (Å²) < 4.78 is 31.3. The third-order valence-electron chi connectivity index (χ3n) is 11.2. The maximum Gasteiger partial charge on any atom is 0.352 e. The molecule has 4 aliphatic heterocycles. The lowest BCUT2D eigenvalue weighted by molar-refractivity contribution is -1.02. The lowest BCUT2D eigenvalue weighted by atomic mass is 9.78. The van der Waals surface area contributed by atoms with E-state index in [1.807, 2.05) is 25.1 Å². The molecule has 0 radical (unpaired) electrons. The highest BCUT2D eigenvalue weighted by molar-refractivity contribution is 7.93. The number of amides is 1. The van der Waals surface area contributed by atoms with Crippen LogP contribution in [0.25, 0.3) is 10.8 Å². The van der Waals surface area contributed by atoms with Crippen LogP contribution in [0.1, 0.15) is 26.3 Å². The molecule has 2 aromatic carbocycles. The number of aliphatic hydroxyl groups is 1. The molecule has 6 rings (SSSR count). The van der Waals surface area contributed by atoms with Crippen molar-refractivity contribution in [3.8, 4) is 0 Å². The van der Waals surface area contributed by atoms with Gasteiger partial charge in [0.25, 0.3) is 10.0 Å². The number of aliphatic hydroxyl groups excluding tert-OH is 1. The monoisotopic (exact) mass is 641 g/mol. The summed E-state index contributed by atoms with van der Waals surface area (Å²) in [6, 6.07) is 8.74. The maximum atomic E-state index is 14.0. The Labute approximate surface area is 265 Å². The first-order chi connectivity index (χ1) is 21.1. The number of rotatable bonds is 10. The zero-order valence-electron chi connectivity index (χ0n) is 26.9. The summed E-state index contributed by atoms with van der Waals surface area (Å²) in [4.78, 5) is 26.7. The van der Waals surface area contributed by atoms with Gasteiger partial charge in [0, 0.05) is 30.2 Å². The average molecular weight is 642 g/mol. The Morgan fingerprint density at radius 1 is 1.09 bits per heavy atom. The Morgan fingerprint density at radius 2 is 1.76 bits per heavy atom. The summed E-state index contributed by atoms with van der Waals surface area (Å²) >= 11 is 0. The maximum absolute atomic E-state index is 14.0. The molecule has 0 saturated carbocycles. The summed E-state index contributed by atoms with van der Waals surface area (Å²) in [7, 11) is 0.678. The minimum atomic E-state index is -3.97. The van der Waals surface area contributed by atoms with Gasteiger partial charge in [-0.1, -0.05) is 32.0 Å². The van der Waals surface area contributed by atoms with E-state index in [9.17, 15) is 28.2 Å². The van der Waals surface area contributed by atoms with Gasteiger partial charge in [0.1, 0.15) is 31.9 Å². The van der Waals surface area contributed by atoms with Crippen LogP contribution >= 0.6 is 0 Å². The Kier molecular flexibility index (Phi) is 7.84. The normalized spacial score (nSPS) is 31.7. The number of carboxylic acid groups (broad SMARTS) is 1. The van der Waals surface area contributed by atoms with E-state index in [0.717, 1.165) is 65.6 Å². The van der Waals surface area contributed by atoms with Gasteiger partial charge in [0.2, 0.25) is 5.91 Å². The van der Waals surface area contributed by atoms with Crippen LogP contribution in [0.15, 0.2) is 46.5 Å². The van der Waals surface area contributed by atoms with Gasteiger partial charge in [-0.2, -0.15) is 0 Å². The number of hydrogen-bond acceptors (Lipinski definition) is 6. The SMILES string of the molecule is CC(O)C1C(=O)N2C(C(=O)O)=C(CN3c4cccc5c(CC[N+]6(C)CC[N+](C)(C[C@H](C)CN)CC6)ccc(c45)S3(=O)=O)[C@H](C)C12. The van der Waals surface area contributed by atoms with Gasteiger partial charge in [0.15, 0.2) is 0 Å². The summed E-state index contributed by atoms with van der Waals surface area (Å²) in [5.41, 5.74) is 7.75. The lowest BCUT2D eigenvalue weighted by Gasteiger charge is -2.47. The number of anilines is 1. The van der Waals surface area contributed by atoms with Crippen LogP contribution in [0.2, 0.25) is 0 Å². The quantitative estimate of drug-likeness (QED) is 0.264. The molecule has 2 saturated heterocycles. The molecular formula is C33H47N5O6S+2. The Morgan fingerprint density at radius 3 is 2.38 bits per heavy atom. The molecule has 0 bridgehead atoms. The molecule has 4 aliphatic rings. The van der Waals surface area contributed by atoms with Crippen molar-refractivity contribution in [2.75, 3.05) is 70.8 Å². The molecule has 4 heterocycles. The molecule has 12 heteroatoms. The number of fused-ring (bicyclic) bond motifs is 1. The van der Waals surface area contributed by atoms with Crippen LogP contribution in [0.4, 0.5) is 5.69 Å². The van der Waals surface area contributed by atoms with Crippen LogP contribution in [-0.2, 0) is 26.0 Å². The van der Waals surface area contributed by atoms with E-state index in [-0.39, 0.29) is 17.1 Å². The Hall–Kier alpha value is -3.03. The summed E-state index contributed by atoms with van der Waals surface area (Å²) in [5, 5.41) is 21.9. The van der Waals surface area contributed by atoms with Crippen molar-refractivity contribution in [3.05, 3.63) is 47.2 Å². The number of carbonyl (C=O) groups is 2. The standard InChI is InChI=1S/C33H46N5O6S/c1-20(17-34)19-38(5)15-13-37(4,14-16-38)12-11-23-9-10-27-29-24(23)7-6-8-26(29)35(45(27,43)44)18-25-21(2)30-28(22(3)39)32(40)36(30)31(25)33(41)42/h6-10,20-22,28,30,39H,11-19,34H2,1-5H3/q+1/p+1/t20-,21+,22?,28?,30?,37?,38?/m1/s1. The van der Waals surface area contributed by atoms with Crippen molar-refractivity contribution < 1.29 is 37.2 Å². The predicted octanol–water partition coefficient (Wildman–Crippen LogP) is 1.59. The second kappa shape index (κ2) is 11.0. The smallest absolute Gasteiger partial charge is 0.352 e. The number of nitrogens with two attached hydrogens (primary N) is 1. The fourth-order valence-electron chi connectivity index (χ4n) is 8.30. The van der Waals surface area contributed by atoms with Crippen LogP contribution in [0.5, 0.6) is 0 Å². The molecule has 2 aromatic rings.